The van der Waals surface area contributed by atoms with Gasteiger partial charge in [-0.25, -0.2) is 9.50 Å². The number of nitrogens with two attached hydrogens (primary N) is 1. The zero-order valence-corrected chi connectivity index (χ0v) is 14.7. The number of aromatic nitrogens is 3. The first-order chi connectivity index (χ1) is 13.2. The number of rotatable bonds is 4. The Hall–Kier alpha value is -3.60. The van der Waals surface area contributed by atoms with Crippen LogP contribution in [0.4, 0.5) is 11.5 Å². The molecule has 3 N–H and O–H groups in total. The van der Waals surface area contributed by atoms with Gasteiger partial charge in [0.1, 0.15) is 11.9 Å². The molecule has 1 fully saturated rings. The zero-order chi connectivity index (χ0) is 18.8. The molecule has 0 aromatic carbocycles. The minimum atomic E-state index is -0.493. The van der Waals surface area contributed by atoms with Gasteiger partial charge in [-0.3, -0.25) is 4.79 Å². The van der Waals surface area contributed by atoms with Crippen LogP contribution in [0, 0.1) is 11.3 Å². The lowest BCUT2D eigenvalue weighted by molar-refractivity contribution is 0.100. The number of anilines is 2. The predicted octanol–water partition coefficient (Wildman–Crippen LogP) is 1.78. The summed E-state index contributed by atoms with van der Waals surface area (Å²) in [4.78, 5) is 18.4. The van der Waals surface area contributed by atoms with Crippen molar-refractivity contribution in [1.29, 1.82) is 5.26 Å². The lowest BCUT2D eigenvalue weighted by Gasteiger charge is -2.34. The smallest absolute Gasteiger partial charge is 0.252 e. The minimum Gasteiger partial charge on any atom is -0.380 e. The molecule has 1 saturated heterocycles. The molecule has 1 amide bonds. The summed E-state index contributed by atoms with van der Waals surface area (Å²) >= 11 is 0. The Morgan fingerprint density at radius 2 is 2.07 bits per heavy atom. The van der Waals surface area contributed by atoms with Gasteiger partial charge in [-0.05, 0) is 37.1 Å². The van der Waals surface area contributed by atoms with Crippen molar-refractivity contribution in [2.45, 2.75) is 18.9 Å². The summed E-state index contributed by atoms with van der Waals surface area (Å²) in [7, 11) is 0. The van der Waals surface area contributed by atoms with Gasteiger partial charge < -0.3 is 16.0 Å². The number of amides is 1. The molecule has 0 bridgehead atoms. The Balaban J connectivity index is 1.49. The van der Waals surface area contributed by atoms with Crippen molar-refractivity contribution < 1.29 is 4.79 Å². The zero-order valence-electron chi connectivity index (χ0n) is 14.7. The van der Waals surface area contributed by atoms with Crippen molar-refractivity contribution in [2.75, 3.05) is 23.3 Å². The average Bonchev–Trinajstić information content (AvgIpc) is 3.18. The predicted molar refractivity (Wildman–Crippen MR) is 102 cm³/mol. The molecule has 27 heavy (non-hydrogen) atoms. The number of hydrogen-bond donors (Lipinski definition) is 2. The second-order valence-corrected chi connectivity index (χ2v) is 6.56. The fourth-order valence-electron chi connectivity index (χ4n) is 3.43. The fraction of sp³-hybridized carbons (Fsp3) is 0.263. The first-order valence-corrected chi connectivity index (χ1v) is 8.79. The summed E-state index contributed by atoms with van der Waals surface area (Å²) in [5.41, 5.74) is 8.06. The van der Waals surface area contributed by atoms with E-state index in [-0.39, 0.29) is 6.04 Å². The molecule has 4 heterocycles. The number of carbonyl (C=O) groups is 1. The number of carbonyl (C=O) groups excluding carboxylic acids is 1. The monoisotopic (exact) mass is 361 g/mol. The van der Waals surface area contributed by atoms with Crippen LogP contribution >= 0.6 is 0 Å². The molecular weight excluding hydrogens is 342 g/mol. The van der Waals surface area contributed by atoms with Crippen molar-refractivity contribution in [3.8, 4) is 6.07 Å². The van der Waals surface area contributed by atoms with E-state index in [2.05, 4.69) is 26.4 Å². The van der Waals surface area contributed by atoms with Crippen LogP contribution in [-0.2, 0) is 0 Å². The molecule has 3 aromatic rings. The fourth-order valence-corrected chi connectivity index (χ4v) is 3.43. The molecule has 3 aromatic heterocycles. The van der Waals surface area contributed by atoms with Gasteiger partial charge in [-0.15, -0.1) is 0 Å². The van der Waals surface area contributed by atoms with E-state index in [1.807, 2.05) is 24.4 Å². The van der Waals surface area contributed by atoms with Gasteiger partial charge in [0.15, 0.2) is 0 Å². The first kappa shape index (κ1) is 16.8. The number of fused-ring (bicyclic) bond motifs is 1. The molecule has 0 aliphatic carbocycles. The second kappa shape index (κ2) is 6.96. The molecule has 4 rings (SSSR count). The van der Waals surface area contributed by atoms with Crippen LogP contribution in [0.3, 0.4) is 0 Å². The quantitative estimate of drug-likeness (QED) is 0.732. The molecule has 8 heteroatoms. The highest BCUT2D eigenvalue weighted by atomic mass is 16.1. The summed E-state index contributed by atoms with van der Waals surface area (Å²) in [5.74, 6) is 0.385. The third kappa shape index (κ3) is 3.27. The number of primary amides is 1. The van der Waals surface area contributed by atoms with Gasteiger partial charge in [-0.2, -0.15) is 10.4 Å². The van der Waals surface area contributed by atoms with E-state index < -0.39 is 5.91 Å². The molecule has 136 valence electrons. The highest BCUT2D eigenvalue weighted by Gasteiger charge is 2.23. The van der Waals surface area contributed by atoms with E-state index in [0.29, 0.717) is 11.1 Å². The average molecular weight is 361 g/mol. The van der Waals surface area contributed by atoms with Crippen LogP contribution in [0.15, 0.2) is 42.9 Å². The Morgan fingerprint density at radius 1 is 1.26 bits per heavy atom. The number of nitrogens with one attached hydrogen (secondary N) is 1. The molecule has 0 unspecified atom stereocenters. The van der Waals surface area contributed by atoms with Crippen molar-refractivity contribution >= 4 is 22.9 Å². The number of piperidine rings is 1. The van der Waals surface area contributed by atoms with Gasteiger partial charge >= 0.3 is 0 Å². The Kier molecular flexibility index (Phi) is 4.34. The van der Waals surface area contributed by atoms with E-state index in [0.717, 1.165) is 43.0 Å². The minimum absolute atomic E-state index is 0.221. The standard InChI is InChI=1S/C19H19N7O/c20-10-13-3-4-17(22-11-13)25-8-5-14(6-9-25)24-18-15(19(21)27)12-23-26-7-1-2-16(18)26/h1-4,7,11-12,14,24H,5-6,8-9H2,(H2,21,27). The van der Waals surface area contributed by atoms with E-state index in [4.69, 9.17) is 11.0 Å². The van der Waals surface area contributed by atoms with E-state index in [1.54, 1.807) is 16.8 Å². The normalized spacial score (nSPS) is 14.9. The first-order valence-electron chi connectivity index (χ1n) is 8.79. The molecule has 0 saturated carbocycles. The number of pyridine rings is 1. The maximum atomic E-state index is 11.8. The maximum Gasteiger partial charge on any atom is 0.252 e. The van der Waals surface area contributed by atoms with Gasteiger partial charge in [0.25, 0.3) is 5.91 Å². The Morgan fingerprint density at radius 3 is 2.74 bits per heavy atom. The third-order valence-electron chi connectivity index (χ3n) is 4.87. The number of hydrogen-bond acceptors (Lipinski definition) is 6. The topological polar surface area (TPSA) is 112 Å². The second-order valence-electron chi connectivity index (χ2n) is 6.56. The summed E-state index contributed by atoms with van der Waals surface area (Å²) in [6.45, 7) is 1.68. The molecule has 1 aliphatic heterocycles. The summed E-state index contributed by atoms with van der Waals surface area (Å²) in [6, 6.07) is 9.77. The van der Waals surface area contributed by atoms with E-state index in [9.17, 15) is 4.79 Å². The van der Waals surface area contributed by atoms with Crippen molar-refractivity contribution in [2.24, 2.45) is 5.73 Å². The lowest BCUT2D eigenvalue weighted by Crippen LogP contribution is -2.40. The third-order valence-corrected chi connectivity index (χ3v) is 4.87. The molecule has 0 spiro atoms. The van der Waals surface area contributed by atoms with Gasteiger partial charge in [0.2, 0.25) is 0 Å². The van der Waals surface area contributed by atoms with Crippen LogP contribution in [-0.4, -0.2) is 39.6 Å². The van der Waals surface area contributed by atoms with Crippen molar-refractivity contribution in [3.05, 3.63) is 54.0 Å². The molecular formula is C19H19N7O. The Labute approximate surface area is 156 Å². The SMILES string of the molecule is N#Cc1ccc(N2CCC(Nc3c(C(N)=O)cnn4cccc34)CC2)nc1. The van der Waals surface area contributed by atoms with Crippen LogP contribution in [0.5, 0.6) is 0 Å². The largest absolute Gasteiger partial charge is 0.380 e. The summed E-state index contributed by atoms with van der Waals surface area (Å²) < 4.78 is 1.73. The van der Waals surface area contributed by atoms with Gasteiger partial charge in [0.05, 0.1) is 28.5 Å². The number of nitriles is 1. The summed E-state index contributed by atoms with van der Waals surface area (Å²) in [6.07, 6.45) is 6.74. The van der Waals surface area contributed by atoms with Crippen molar-refractivity contribution in [1.82, 2.24) is 14.6 Å². The van der Waals surface area contributed by atoms with Gasteiger partial charge in [0, 0.05) is 31.5 Å². The van der Waals surface area contributed by atoms with E-state index >= 15 is 0 Å². The van der Waals surface area contributed by atoms with Crippen LogP contribution in [0.25, 0.3) is 5.52 Å². The van der Waals surface area contributed by atoms with Crippen LogP contribution in [0.1, 0.15) is 28.8 Å². The van der Waals surface area contributed by atoms with E-state index in [1.165, 1.54) is 6.20 Å². The molecule has 0 atom stereocenters. The molecule has 0 radical (unpaired) electrons. The van der Waals surface area contributed by atoms with Gasteiger partial charge in [-0.1, -0.05) is 0 Å². The van der Waals surface area contributed by atoms with Crippen LogP contribution < -0.4 is 16.0 Å². The highest BCUT2D eigenvalue weighted by molar-refractivity contribution is 6.01. The number of nitrogens with zero attached hydrogens (tertiary/aromatic N) is 5. The highest BCUT2D eigenvalue weighted by Crippen LogP contribution is 2.26. The van der Waals surface area contributed by atoms with Crippen LogP contribution in [0.2, 0.25) is 0 Å². The Bertz CT molecular complexity index is 1010. The van der Waals surface area contributed by atoms with Crippen molar-refractivity contribution in [3.63, 3.8) is 0 Å². The molecule has 1 aliphatic rings. The lowest BCUT2D eigenvalue weighted by atomic mass is 10.0. The maximum absolute atomic E-state index is 11.8. The molecule has 8 nitrogen and oxygen atoms in total. The summed E-state index contributed by atoms with van der Waals surface area (Å²) in [5, 5.41) is 16.6.